The molecule has 0 aliphatic rings. The first-order valence-corrected chi connectivity index (χ1v) is 7.28. The summed E-state index contributed by atoms with van der Waals surface area (Å²) < 4.78 is 5.52. The highest BCUT2D eigenvalue weighted by molar-refractivity contribution is 7.13. The largest absolute Gasteiger partial charge is 0.489 e. The first kappa shape index (κ1) is 15.1. The van der Waals surface area contributed by atoms with Crippen molar-refractivity contribution < 1.29 is 9.53 Å². The van der Waals surface area contributed by atoms with E-state index in [-0.39, 0.29) is 5.91 Å². The van der Waals surface area contributed by atoms with Crippen LogP contribution in [0.5, 0.6) is 5.75 Å². The number of rotatable bonds is 6. The molecule has 2 aromatic rings. The van der Waals surface area contributed by atoms with Crippen LogP contribution in [0.2, 0.25) is 0 Å². The molecule has 6 heteroatoms. The summed E-state index contributed by atoms with van der Waals surface area (Å²) in [6.07, 6.45) is 0. The number of thiazole rings is 1. The summed E-state index contributed by atoms with van der Waals surface area (Å²) in [6.45, 7) is 6.44. The Morgan fingerprint density at radius 3 is 3.00 bits per heavy atom. The molecule has 1 heterocycles. The molecule has 5 nitrogen and oxygen atoms in total. The lowest BCUT2D eigenvalue weighted by molar-refractivity contribution is 0.0950. The molecular weight excluding hydrogens is 286 g/mol. The van der Waals surface area contributed by atoms with Gasteiger partial charge in [-0.15, -0.1) is 11.3 Å². The molecule has 0 unspecified atom stereocenters. The highest BCUT2D eigenvalue weighted by Gasteiger charge is 2.08. The van der Waals surface area contributed by atoms with Crippen LogP contribution in [0, 0.1) is 0 Å². The number of aromatic nitrogens is 1. The zero-order valence-corrected chi connectivity index (χ0v) is 12.6. The van der Waals surface area contributed by atoms with Crippen molar-refractivity contribution >= 4 is 22.4 Å². The third-order valence-corrected chi connectivity index (χ3v) is 3.30. The molecule has 0 fully saturated rings. The first-order valence-electron chi connectivity index (χ1n) is 6.40. The minimum atomic E-state index is -0.178. The lowest BCUT2D eigenvalue weighted by Gasteiger charge is -2.08. The average molecular weight is 303 g/mol. The van der Waals surface area contributed by atoms with Crippen LogP contribution >= 0.6 is 11.3 Å². The van der Waals surface area contributed by atoms with Gasteiger partial charge in [0.2, 0.25) is 0 Å². The smallest absolute Gasteiger partial charge is 0.251 e. The maximum Gasteiger partial charge on any atom is 0.251 e. The summed E-state index contributed by atoms with van der Waals surface area (Å²) in [5, 5.41) is 5.11. The highest BCUT2D eigenvalue weighted by atomic mass is 32.1. The molecule has 1 aromatic carbocycles. The molecule has 0 saturated carbocycles. The van der Waals surface area contributed by atoms with Crippen LogP contribution in [0.25, 0.3) is 0 Å². The van der Waals surface area contributed by atoms with E-state index in [1.54, 1.807) is 24.3 Å². The Kier molecular flexibility index (Phi) is 4.94. The van der Waals surface area contributed by atoms with Gasteiger partial charge in [-0.3, -0.25) is 4.79 Å². The number of nitrogens with zero attached hydrogens (tertiary/aromatic N) is 1. The second kappa shape index (κ2) is 6.90. The van der Waals surface area contributed by atoms with Crippen molar-refractivity contribution in [2.75, 3.05) is 12.3 Å². The highest BCUT2D eigenvalue weighted by Crippen LogP contribution is 2.15. The molecule has 0 aliphatic carbocycles. The van der Waals surface area contributed by atoms with Gasteiger partial charge in [0.25, 0.3) is 5.91 Å². The normalized spacial score (nSPS) is 10.1. The number of carbonyl (C=O) groups excluding carboxylic acids is 1. The predicted molar refractivity (Wildman–Crippen MR) is 84.4 cm³/mol. The minimum absolute atomic E-state index is 0.178. The molecule has 110 valence electrons. The third-order valence-electron chi connectivity index (χ3n) is 2.58. The Balaban J connectivity index is 1.95. The van der Waals surface area contributed by atoms with Crippen molar-refractivity contribution in [3.05, 3.63) is 53.1 Å². The molecule has 0 aliphatic heterocycles. The fourth-order valence-corrected chi connectivity index (χ4v) is 2.17. The number of carbonyl (C=O) groups is 1. The van der Waals surface area contributed by atoms with E-state index in [2.05, 4.69) is 16.9 Å². The molecule has 1 amide bonds. The van der Waals surface area contributed by atoms with Crippen molar-refractivity contribution in [1.29, 1.82) is 0 Å². The maximum absolute atomic E-state index is 12.1. The summed E-state index contributed by atoms with van der Waals surface area (Å²) in [6, 6.07) is 7.02. The van der Waals surface area contributed by atoms with Gasteiger partial charge in [0.1, 0.15) is 12.4 Å². The van der Waals surface area contributed by atoms with E-state index in [9.17, 15) is 4.79 Å². The molecule has 3 N–H and O–H groups in total. The van der Waals surface area contributed by atoms with E-state index in [0.29, 0.717) is 29.6 Å². The number of ether oxygens (including phenoxy) is 1. The maximum atomic E-state index is 12.1. The Morgan fingerprint density at radius 2 is 2.33 bits per heavy atom. The van der Waals surface area contributed by atoms with Gasteiger partial charge in [-0.05, 0) is 30.7 Å². The van der Waals surface area contributed by atoms with Gasteiger partial charge in [0.05, 0.1) is 12.2 Å². The molecule has 0 radical (unpaired) electrons. The predicted octanol–water partition coefficient (Wildman–Crippen LogP) is 2.61. The second-order valence-electron chi connectivity index (χ2n) is 4.63. The van der Waals surface area contributed by atoms with Crippen molar-refractivity contribution in [3.63, 3.8) is 0 Å². The number of benzene rings is 1. The number of hydrogen-bond donors (Lipinski definition) is 2. The molecule has 0 bridgehead atoms. The van der Waals surface area contributed by atoms with E-state index in [0.717, 1.165) is 11.3 Å². The van der Waals surface area contributed by atoms with Crippen LogP contribution < -0.4 is 15.8 Å². The number of amides is 1. The zero-order valence-electron chi connectivity index (χ0n) is 11.8. The molecule has 1 aromatic heterocycles. The summed E-state index contributed by atoms with van der Waals surface area (Å²) in [5.74, 6) is 0.464. The van der Waals surface area contributed by atoms with Crippen LogP contribution in [0.15, 0.2) is 41.8 Å². The first-order chi connectivity index (χ1) is 10.0. The standard InChI is InChI=1S/C15H17N3O2S/c1-10(2)8-20-13-5-3-4-11(6-13)14(19)17-7-12-9-21-15(16)18-12/h3-6,9H,1,7-8H2,2H3,(H2,16,18)(H,17,19). The lowest BCUT2D eigenvalue weighted by atomic mass is 10.2. The lowest BCUT2D eigenvalue weighted by Crippen LogP contribution is -2.23. The van der Waals surface area contributed by atoms with Crippen molar-refractivity contribution in [2.45, 2.75) is 13.5 Å². The van der Waals surface area contributed by atoms with E-state index in [1.165, 1.54) is 11.3 Å². The molecule has 0 spiro atoms. The quantitative estimate of drug-likeness (QED) is 0.804. The number of anilines is 1. The van der Waals surface area contributed by atoms with Gasteiger partial charge in [-0.1, -0.05) is 12.6 Å². The van der Waals surface area contributed by atoms with Crippen LogP contribution in [-0.2, 0) is 6.54 Å². The van der Waals surface area contributed by atoms with Crippen LogP contribution in [0.4, 0.5) is 5.13 Å². The summed E-state index contributed by atoms with van der Waals surface area (Å²) in [4.78, 5) is 16.2. The second-order valence-corrected chi connectivity index (χ2v) is 5.52. The number of nitrogens with two attached hydrogens (primary N) is 1. The van der Waals surface area contributed by atoms with Crippen molar-refractivity contribution in [3.8, 4) is 5.75 Å². The monoisotopic (exact) mass is 303 g/mol. The summed E-state index contributed by atoms with van der Waals surface area (Å²) in [5.41, 5.74) is 7.76. The molecule has 0 saturated heterocycles. The van der Waals surface area contributed by atoms with Gasteiger partial charge in [-0.25, -0.2) is 4.98 Å². The van der Waals surface area contributed by atoms with Crippen LogP contribution in [-0.4, -0.2) is 17.5 Å². The number of nitrogens with one attached hydrogen (secondary N) is 1. The van der Waals surface area contributed by atoms with Gasteiger partial charge >= 0.3 is 0 Å². The van der Waals surface area contributed by atoms with E-state index < -0.39 is 0 Å². The fourth-order valence-electron chi connectivity index (χ4n) is 1.61. The SMILES string of the molecule is C=C(C)COc1cccc(C(=O)NCc2csc(N)n2)c1. The topological polar surface area (TPSA) is 77.2 Å². The molecule has 0 atom stereocenters. The van der Waals surface area contributed by atoms with Gasteiger partial charge in [0, 0.05) is 10.9 Å². The summed E-state index contributed by atoms with van der Waals surface area (Å²) in [7, 11) is 0. The number of nitrogen functional groups attached to an aromatic ring is 1. The Morgan fingerprint density at radius 1 is 1.52 bits per heavy atom. The van der Waals surface area contributed by atoms with Gasteiger partial charge in [-0.2, -0.15) is 0 Å². The van der Waals surface area contributed by atoms with Crippen LogP contribution in [0.3, 0.4) is 0 Å². The third kappa shape index (κ3) is 4.61. The van der Waals surface area contributed by atoms with E-state index in [4.69, 9.17) is 10.5 Å². The van der Waals surface area contributed by atoms with E-state index in [1.807, 2.05) is 12.3 Å². The Bertz CT molecular complexity index is 652. The molecule has 2 rings (SSSR count). The summed E-state index contributed by atoms with van der Waals surface area (Å²) >= 11 is 1.35. The Labute approximate surface area is 127 Å². The fraction of sp³-hybridized carbons (Fsp3) is 0.200. The van der Waals surface area contributed by atoms with E-state index >= 15 is 0 Å². The zero-order chi connectivity index (χ0) is 15.2. The van der Waals surface area contributed by atoms with Gasteiger partial charge in [0.15, 0.2) is 5.13 Å². The molecular formula is C15H17N3O2S. The van der Waals surface area contributed by atoms with Gasteiger partial charge < -0.3 is 15.8 Å². The average Bonchev–Trinajstić information content (AvgIpc) is 2.88. The Hall–Kier alpha value is -2.34. The van der Waals surface area contributed by atoms with Crippen LogP contribution in [0.1, 0.15) is 23.0 Å². The van der Waals surface area contributed by atoms with Crippen molar-refractivity contribution in [2.24, 2.45) is 0 Å². The minimum Gasteiger partial charge on any atom is -0.489 e. The number of hydrogen-bond acceptors (Lipinski definition) is 5. The molecule has 21 heavy (non-hydrogen) atoms. The van der Waals surface area contributed by atoms with Crippen molar-refractivity contribution in [1.82, 2.24) is 10.3 Å².